The van der Waals surface area contributed by atoms with Gasteiger partial charge < -0.3 is 19.8 Å². The van der Waals surface area contributed by atoms with E-state index in [0.29, 0.717) is 12.8 Å². The summed E-state index contributed by atoms with van der Waals surface area (Å²) in [5.74, 6) is -2.95. The van der Waals surface area contributed by atoms with Gasteiger partial charge in [-0.15, -0.1) is 0 Å². The molecule has 0 radical (unpaired) electrons. The number of carbonyl (C=O) groups is 4. The Morgan fingerprint density at radius 2 is 0.886 bits per heavy atom. The average molecular weight is 537 g/mol. The first-order chi connectivity index (χ1) is 16.7. The van der Waals surface area contributed by atoms with Crippen molar-refractivity contribution in [2.75, 3.05) is 13.2 Å². The van der Waals surface area contributed by atoms with Crippen LogP contribution in [0.2, 0.25) is 0 Å². The van der Waals surface area contributed by atoms with Crippen LogP contribution in [0.15, 0.2) is 0 Å². The summed E-state index contributed by atoms with van der Waals surface area (Å²) in [6.07, 6.45) is 12.8. The zero-order valence-corrected chi connectivity index (χ0v) is 24.1. The van der Waals surface area contributed by atoms with Crippen LogP contribution in [0.5, 0.6) is 0 Å². The van der Waals surface area contributed by atoms with Crippen LogP contribution in [0.3, 0.4) is 0 Å². The van der Waals surface area contributed by atoms with Gasteiger partial charge in [0.25, 0.3) is 0 Å². The normalized spacial score (nSPS) is 9.71. The molecule has 0 saturated carbocycles. The molecular formula is C26H48O8Ti. The first-order valence-corrected chi connectivity index (χ1v) is 14.4. The molecule has 0 atom stereocenters. The van der Waals surface area contributed by atoms with E-state index in [2.05, 4.69) is 27.7 Å². The summed E-state index contributed by atoms with van der Waals surface area (Å²) in [7, 11) is 0. The van der Waals surface area contributed by atoms with Crippen LogP contribution in [0.1, 0.15) is 130 Å². The van der Waals surface area contributed by atoms with Crippen molar-refractivity contribution in [2.24, 2.45) is 0 Å². The van der Waals surface area contributed by atoms with Crippen molar-refractivity contribution < 1.29 is 56.0 Å². The van der Waals surface area contributed by atoms with E-state index in [4.69, 9.17) is 6.64 Å². The van der Waals surface area contributed by atoms with Gasteiger partial charge in [-0.1, -0.05) is 65.2 Å². The van der Waals surface area contributed by atoms with E-state index in [9.17, 15) is 29.4 Å². The number of ketones is 2. The molecule has 0 aromatic rings. The van der Waals surface area contributed by atoms with E-state index in [1.807, 2.05) is 0 Å². The Morgan fingerprint density at radius 1 is 0.543 bits per heavy atom. The number of unbranched alkanes of at least 4 members (excludes halogenated alkanes) is 8. The molecule has 0 unspecified atom stereocenters. The molecule has 0 saturated heterocycles. The molecule has 0 aromatic carbocycles. The number of carboxylic acids is 2. The number of rotatable bonds is 22. The zero-order chi connectivity index (χ0) is 27.2. The molecule has 0 aliphatic carbocycles. The Hall–Kier alpha value is -1.09. The molecule has 0 aliphatic rings. The van der Waals surface area contributed by atoms with Gasteiger partial charge in [-0.25, -0.2) is 0 Å². The van der Waals surface area contributed by atoms with Crippen molar-refractivity contribution in [1.82, 2.24) is 0 Å². The molecule has 204 valence electrons. The fourth-order valence-electron chi connectivity index (χ4n) is 2.68. The first-order valence-electron chi connectivity index (χ1n) is 13.2. The first kappa shape index (κ1) is 38.4. The van der Waals surface area contributed by atoms with Gasteiger partial charge in [-0.3, -0.25) is 9.59 Å². The van der Waals surface area contributed by atoms with E-state index in [-0.39, 0.29) is 11.6 Å². The van der Waals surface area contributed by atoms with Crippen LogP contribution in [-0.4, -0.2) is 36.7 Å². The zero-order valence-electron chi connectivity index (χ0n) is 22.5. The molecule has 35 heavy (non-hydrogen) atoms. The molecule has 0 rings (SSSR count). The van der Waals surface area contributed by atoms with E-state index < -0.39 is 44.7 Å². The van der Waals surface area contributed by atoms with Crippen molar-refractivity contribution >= 4 is 23.5 Å². The van der Waals surface area contributed by atoms with Crippen molar-refractivity contribution in [3.63, 3.8) is 0 Å². The van der Waals surface area contributed by atoms with Crippen LogP contribution in [0, 0.1) is 0 Å². The monoisotopic (exact) mass is 536 g/mol. The quantitative estimate of drug-likeness (QED) is 0.116. The van der Waals surface area contributed by atoms with Gasteiger partial charge in [-0.05, 0) is 12.8 Å². The summed E-state index contributed by atoms with van der Waals surface area (Å²) in [5.41, 5.74) is 0. The van der Waals surface area contributed by atoms with Crippen molar-refractivity contribution in [3.05, 3.63) is 0 Å². The van der Waals surface area contributed by atoms with E-state index in [0.717, 1.165) is 64.6 Å². The fraction of sp³-hybridized carbons (Fsp3) is 0.846. The fourth-order valence-corrected chi connectivity index (χ4v) is 3.71. The molecule has 0 bridgehead atoms. The van der Waals surface area contributed by atoms with Crippen molar-refractivity contribution in [1.29, 1.82) is 0 Å². The molecule has 0 aliphatic heterocycles. The summed E-state index contributed by atoms with van der Waals surface area (Å²) in [4.78, 5) is 41.8. The summed E-state index contributed by atoms with van der Waals surface area (Å²) < 4.78 is 10.4. The molecular weight excluding hydrogens is 488 g/mol. The molecule has 0 heterocycles. The standard InChI is InChI=1S/2C10H18O3.2C3H7O.Ti/c2*1-2-3-4-5-6-7-9(11)8-10(12)13;2*1-2-3-4;/h2*2-8H2,1H3,(H,12,13);2*2-3H2,1H3;/q;;2*-1;+4/p-2. The van der Waals surface area contributed by atoms with E-state index >= 15 is 0 Å². The Balaban J connectivity index is -0.000000448. The number of hydrogen-bond donors (Lipinski definition) is 0. The molecule has 0 fully saturated rings. The van der Waals surface area contributed by atoms with Crippen LogP contribution >= 0.6 is 0 Å². The molecule has 0 spiro atoms. The third-order valence-electron chi connectivity index (χ3n) is 4.53. The van der Waals surface area contributed by atoms with Crippen molar-refractivity contribution in [3.8, 4) is 0 Å². The Bertz CT molecular complexity index is 468. The Labute approximate surface area is 222 Å². The van der Waals surface area contributed by atoms with Gasteiger partial charge in [-0.2, -0.15) is 0 Å². The molecule has 0 amide bonds. The predicted octanol–water partition coefficient (Wildman–Crippen LogP) is 3.86. The third kappa shape index (κ3) is 43.4. The second-order valence-electron chi connectivity index (χ2n) is 8.28. The van der Waals surface area contributed by atoms with E-state index in [1.165, 1.54) is 25.7 Å². The molecule has 8 nitrogen and oxygen atoms in total. The topological polar surface area (TPSA) is 133 Å². The van der Waals surface area contributed by atoms with E-state index in [1.54, 1.807) is 0 Å². The van der Waals surface area contributed by atoms with Crippen molar-refractivity contribution in [2.45, 2.75) is 130 Å². The van der Waals surface area contributed by atoms with Gasteiger partial charge in [0, 0.05) is 37.6 Å². The second-order valence-corrected chi connectivity index (χ2v) is 9.45. The van der Waals surface area contributed by atoms with Crippen LogP contribution in [0.4, 0.5) is 0 Å². The van der Waals surface area contributed by atoms with Gasteiger partial charge in [0.05, 0.1) is 0 Å². The minimum atomic E-state index is -1.27. The minimum absolute atomic E-state index is 0.212. The summed E-state index contributed by atoms with van der Waals surface area (Å²) in [6.45, 7) is 10.2. The van der Waals surface area contributed by atoms with Gasteiger partial charge in [0.1, 0.15) is 11.6 Å². The van der Waals surface area contributed by atoms with Crippen LogP contribution in [0.25, 0.3) is 0 Å². The molecule has 0 aromatic heterocycles. The van der Waals surface area contributed by atoms with Crippen LogP contribution in [-0.2, 0) is 45.7 Å². The average Bonchev–Trinajstić information content (AvgIpc) is 2.79. The maximum absolute atomic E-state index is 10.9. The number of Topliss-reactive ketones (excluding diaryl/α,β-unsaturated/α-hetero) is 2. The number of hydrogen-bond acceptors (Lipinski definition) is 8. The Kier molecular flexibility index (Phi) is 36.2. The number of aliphatic carboxylic acids is 2. The number of carbonyl (C=O) groups excluding carboxylic acids is 4. The molecule has 9 heteroatoms. The van der Waals surface area contributed by atoms with Crippen LogP contribution < -0.4 is 10.2 Å². The summed E-state index contributed by atoms with van der Waals surface area (Å²) in [6, 6.07) is 0. The van der Waals surface area contributed by atoms with Gasteiger partial charge in [0.2, 0.25) is 0 Å². The maximum atomic E-state index is 10.9. The third-order valence-corrected chi connectivity index (χ3v) is 5.54. The van der Waals surface area contributed by atoms with Gasteiger partial charge in [0.15, 0.2) is 0 Å². The second kappa shape index (κ2) is 32.9. The predicted molar refractivity (Wildman–Crippen MR) is 129 cm³/mol. The SMILES string of the molecule is CCCCCCCC(=O)CC(=O)[O-].CCCCCCCC(=O)CC(=O)[O-].CCC[O][Ti+2][O]CCC. The Morgan fingerprint density at radius 3 is 1.17 bits per heavy atom. The summed E-state index contributed by atoms with van der Waals surface area (Å²) in [5, 5.41) is 20.0. The van der Waals surface area contributed by atoms with Gasteiger partial charge >= 0.3 is 66.5 Å². The molecule has 0 N–H and O–H groups in total. The summed E-state index contributed by atoms with van der Waals surface area (Å²) >= 11 is -0.504. The number of carboxylic acid groups (broad SMARTS) is 2.